The quantitative estimate of drug-likeness (QED) is 0.678. The smallest absolute Gasteiger partial charge is 0.123 e. The maximum absolute atomic E-state index is 13.0. The van der Waals surface area contributed by atoms with Crippen molar-refractivity contribution < 1.29 is 14.4 Å². The molecule has 2 N–H and O–H groups in total. The summed E-state index contributed by atoms with van der Waals surface area (Å²) < 4.78 is 19.0. The van der Waals surface area contributed by atoms with E-state index < -0.39 is 0 Å². The molecule has 2 nitrogen and oxygen atoms in total. The molecule has 3 rings (SSSR count). The van der Waals surface area contributed by atoms with Gasteiger partial charge in [-0.25, -0.2) is 4.39 Å². The van der Waals surface area contributed by atoms with E-state index in [-0.39, 0.29) is 16.8 Å². The van der Waals surface area contributed by atoms with Crippen molar-refractivity contribution in [2.45, 2.75) is 51.7 Å². The summed E-state index contributed by atoms with van der Waals surface area (Å²) in [6.07, 6.45) is 4.21. The normalized spacial score (nSPS) is 21.9. The van der Waals surface area contributed by atoms with Crippen molar-refractivity contribution >= 4 is 11.6 Å². The summed E-state index contributed by atoms with van der Waals surface area (Å²) in [5.74, 6) is -0.179. The molecule has 1 saturated heterocycles. The van der Waals surface area contributed by atoms with Crippen LogP contribution in [0.1, 0.15) is 44.2 Å². The predicted molar refractivity (Wildman–Crippen MR) is 108 cm³/mol. The van der Waals surface area contributed by atoms with Gasteiger partial charge in [-0.3, -0.25) is 0 Å². The van der Waals surface area contributed by atoms with Crippen LogP contribution in [0.5, 0.6) is 0 Å². The van der Waals surface area contributed by atoms with Gasteiger partial charge in [-0.2, -0.15) is 0 Å². The molecule has 0 unspecified atom stereocenters. The number of halogens is 2. The van der Waals surface area contributed by atoms with Crippen molar-refractivity contribution in [2.75, 3.05) is 13.2 Å². The van der Waals surface area contributed by atoms with Crippen LogP contribution in [0.4, 0.5) is 4.39 Å². The van der Waals surface area contributed by atoms with Crippen LogP contribution < -0.4 is 5.32 Å². The van der Waals surface area contributed by atoms with Crippen LogP contribution in [0.3, 0.4) is 0 Å². The molecule has 27 heavy (non-hydrogen) atoms. The van der Waals surface area contributed by atoms with Crippen LogP contribution in [-0.2, 0) is 17.7 Å². The van der Waals surface area contributed by atoms with E-state index >= 15 is 0 Å². The maximum atomic E-state index is 13.0. The molecule has 1 atom stereocenters. The molecule has 1 aliphatic heterocycles. The second kappa shape index (κ2) is 8.72. The molecular formula is C23H30ClFNO+. The Balaban J connectivity index is 1.65. The molecule has 0 amide bonds. The van der Waals surface area contributed by atoms with Crippen LogP contribution in [0.2, 0.25) is 5.02 Å². The van der Waals surface area contributed by atoms with Gasteiger partial charge in [0, 0.05) is 23.6 Å². The topological polar surface area (TPSA) is 25.8 Å². The number of rotatable bonds is 7. The van der Waals surface area contributed by atoms with E-state index in [1.807, 2.05) is 24.3 Å². The Kier molecular flexibility index (Phi) is 6.56. The lowest BCUT2D eigenvalue weighted by molar-refractivity contribution is -0.672. The largest absolute Gasteiger partial charge is 0.376 e. The zero-order valence-electron chi connectivity index (χ0n) is 16.3. The SMILES string of the molecule is CC1(C)C[C@@](CC[NH2+]Cc2ccc(F)cc2)(Cc2ccccc2Cl)CCO1. The third kappa shape index (κ3) is 5.78. The lowest BCUT2D eigenvalue weighted by Crippen LogP contribution is -2.83. The minimum Gasteiger partial charge on any atom is -0.376 e. The molecule has 0 bridgehead atoms. The van der Waals surface area contributed by atoms with E-state index in [1.54, 1.807) is 0 Å². The highest BCUT2D eigenvalue weighted by Gasteiger charge is 2.41. The highest BCUT2D eigenvalue weighted by molar-refractivity contribution is 6.31. The number of nitrogens with two attached hydrogens (primary N) is 1. The van der Waals surface area contributed by atoms with E-state index in [1.165, 1.54) is 17.7 Å². The van der Waals surface area contributed by atoms with Gasteiger partial charge in [-0.1, -0.05) is 41.9 Å². The van der Waals surface area contributed by atoms with Crippen molar-refractivity contribution in [1.29, 1.82) is 0 Å². The first-order valence-electron chi connectivity index (χ1n) is 9.81. The van der Waals surface area contributed by atoms with Gasteiger partial charge in [0.2, 0.25) is 0 Å². The number of hydrogen-bond acceptors (Lipinski definition) is 1. The third-order valence-electron chi connectivity index (χ3n) is 5.62. The highest BCUT2D eigenvalue weighted by atomic mass is 35.5. The summed E-state index contributed by atoms with van der Waals surface area (Å²) in [5, 5.41) is 3.18. The van der Waals surface area contributed by atoms with Crippen molar-refractivity contribution in [1.82, 2.24) is 0 Å². The molecule has 4 heteroatoms. The average molecular weight is 391 g/mol. The lowest BCUT2D eigenvalue weighted by Gasteiger charge is -2.45. The van der Waals surface area contributed by atoms with Crippen molar-refractivity contribution in [2.24, 2.45) is 5.41 Å². The van der Waals surface area contributed by atoms with Crippen LogP contribution in [-0.4, -0.2) is 18.8 Å². The van der Waals surface area contributed by atoms with Crippen LogP contribution >= 0.6 is 11.6 Å². The van der Waals surface area contributed by atoms with Gasteiger partial charge in [0.1, 0.15) is 12.4 Å². The zero-order chi connectivity index (χ0) is 19.3. The molecule has 0 aromatic heterocycles. The van der Waals surface area contributed by atoms with E-state index in [4.69, 9.17) is 16.3 Å². The minimum absolute atomic E-state index is 0.101. The number of ether oxygens (including phenoxy) is 1. The summed E-state index contributed by atoms with van der Waals surface area (Å²) >= 11 is 6.46. The van der Waals surface area contributed by atoms with Gasteiger partial charge in [0.25, 0.3) is 0 Å². The fraction of sp³-hybridized carbons (Fsp3) is 0.478. The molecule has 2 aromatic rings. The second-order valence-electron chi connectivity index (χ2n) is 8.46. The van der Waals surface area contributed by atoms with Gasteiger partial charge < -0.3 is 10.1 Å². The molecule has 146 valence electrons. The Hall–Kier alpha value is -1.42. The van der Waals surface area contributed by atoms with Crippen molar-refractivity contribution in [3.8, 4) is 0 Å². The monoisotopic (exact) mass is 390 g/mol. The zero-order valence-corrected chi connectivity index (χ0v) is 17.1. The van der Waals surface area contributed by atoms with Gasteiger partial charge in [-0.15, -0.1) is 0 Å². The standard InChI is InChI=1S/C23H29ClFNO/c1-22(2)17-23(12-14-27-22,15-19-5-3-4-6-21(19)24)11-13-26-16-18-7-9-20(25)10-8-18/h3-10,26H,11-17H2,1-2H3/p+1/t23-/m1/s1. The predicted octanol–water partition coefficient (Wildman–Crippen LogP) is 4.75. The summed E-state index contributed by atoms with van der Waals surface area (Å²) in [7, 11) is 0. The first-order valence-corrected chi connectivity index (χ1v) is 10.2. The molecule has 0 radical (unpaired) electrons. The molecule has 0 spiro atoms. The summed E-state index contributed by atoms with van der Waals surface area (Å²) in [4.78, 5) is 0. The molecule has 1 heterocycles. The van der Waals surface area contributed by atoms with Crippen LogP contribution in [0.15, 0.2) is 48.5 Å². The van der Waals surface area contributed by atoms with Gasteiger partial charge in [0.05, 0.1) is 12.1 Å². The molecule has 0 aliphatic carbocycles. The van der Waals surface area contributed by atoms with E-state index in [9.17, 15) is 4.39 Å². The third-order valence-corrected chi connectivity index (χ3v) is 5.99. The lowest BCUT2D eigenvalue weighted by atomic mass is 9.68. The van der Waals surface area contributed by atoms with Crippen LogP contribution in [0.25, 0.3) is 0 Å². The summed E-state index contributed by atoms with van der Waals surface area (Å²) in [5.41, 5.74) is 2.49. The molecule has 1 aliphatic rings. The Bertz CT molecular complexity index is 746. The highest BCUT2D eigenvalue weighted by Crippen LogP contribution is 2.44. The molecular weight excluding hydrogens is 361 g/mol. The number of quaternary nitrogens is 1. The van der Waals surface area contributed by atoms with E-state index in [0.717, 1.165) is 56.0 Å². The molecule has 1 fully saturated rings. The summed E-state index contributed by atoms with van der Waals surface area (Å²) in [6, 6.07) is 15.0. The Morgan fingerprint density at radius 3 is 2.56 bits per heavy atom. The van der Waals surface area contributed by atoms with Gasteiger partial charge >= 0.3 is 0 Å². The first-order chi connectivity index (χ1) is 12.9. The average Bonchev–Trinajstić information content (AvgIpc) is 2.62. The number of benzene rings is 2. The van der Waals surface area contributed by atoms with Crippen molar-refractivity contribution in [3.05, 3.63) is 70.5 Å². The van der Waals surface area contributed by atoms with Gasteiger partial charge in [0.15, 0.2) is 0 Å². The van der Waals surface area contributed by atoms with Crippen LogP contribution in [0, 0.1) is 11.2 Å². The fourth-order valence-corrected chi connectivity index (χ4v) is 4.58. The van der Waals surface area contributed by atoms with E-state index in [2.05, 4.69) is 31.3 Å². The molecule has 2 aromatic carbocycles. The van der Waals surface area contributed by atoms with Crippen molar-refractivity contribution in [3.63, 3.8) is 0 Å². The summed E-state index contributed by atoms with van der Waals surface area (Å²) in [6.45, 7) is 7.10. The first kappa shape index (κ1) is 20.3. The van der Waals surface area contributed by atoms with E-state index in [0.29, 0.717) is 0 Å². The van der Waals surface area contributed by atoms with Gasteiger partial charge in [-0.05, 0) is 62.3 Å². The Labute approximate surface area is 167 Å². The maximum Gasteiger partial charge on any atom is 0.123 e. The molecule has 0 saturated carbocycles. The Morgan fingerprint density at radius 2 is 1.85 bits per heavy atom. The minimum atomic E-state index is -0.179. The second-order valence-corrected chi connectivity index (χ2v) is 8.87. The fourth-order valence-electron chi connectivity index (χ4n) is 4.38. The number of hydrogen-bond donors (Lipinski definition) is 1. The Morgan fingerprint density at radius 1 is 1.11 bits per heavy atom.